The van der Waals surface area contributed by atoms with Gasteiger partial charge in [-0.25, -0.2) is 9.97 Å². The van der Waals surface area contributed by atoms with Crippen LogP contribution < -0.4 is 15.8 Å². The number of aromatic nitrogens is 3. The van der Waals surface area contributed by atoms with Crippen LogP contribution >= 0.6 is 11.3 Å². The second-order valence-electron chi connectivity index (χ2n) is 9.10. The number of anilines is 2. The Morgan fingerprint density at radius 1 is 1.29 bits per heavy atom. The molecule has 4 heterocycles. The van der Waals surface area contributed by atoms with E-state index in [1.165, 1.54) is 34.1 Å². The Kier molecular flexibility index (Phi) is 6.47. The molecule has 1 aliphatic heterocycles. The van der Waals surface area contributed by atoms with Crippen molar-refractivity contribution in [1.29, 1.82) is 0 Å². The first-order valence-corrected chi connectivity index (χ1v) is 11.7. The molecule has 11 heteroatoms. The number of carbonyl (C=O) groups excluding carboxylic acids is 3. The van der Waals surface area contributed by atoms with E-state index in [1.54, 1.807) is 4.90 Å². The van der Waals surface area contributed by atoms with Crippen LogP contribution in [0.3, 0.4) is 0 Å². The van der Waals surface area contributed by atoms with Crippen molar-refractivity contribution in [2.45, 2.75) is 45.1 Å². The molecule has 0 aromatic carbocycles. The van der Waals surface area contributed by atoms with Crippen LogP contribution in [0.25, 0.3) is 5.65 Å². The van der Waals surface area contributed by atoms with E-state index < -0.39 is 5.56 Å². The summed E-state index contributed by atoms with van der Waals surface area (Å²) in [7, 11) is 0. The van der Waals surface area contributed by atoms with Crippen molar-refractivity contribution in [2.24, 2.45) is 0 Å². The predicted octanol–water partition coefficient (Wildman–Crippen LogP) is 2.66. The Morgan fingerprint density at radius 3 is 2.76 bits per heavy atom. The van der Waals surface area contributed by atoms with Gasteiger partial charge in [-0.05, 0) is 25.0 Å². The molecule has 178 valence electrons. The Labute approximate surface area is 199 Å². The summed E-state index contributed by atoms with van der Waals surface area (Å²) in [4.78, 5) is 59.1. The number of fused-ring (bicyclic) bond motifs is 1. The molecule has 10 nitrogen and oxygen atoms in total. The van der Waals surface area contributed by atoms with Crippen molar-refractivity contribution in [2.75, 3.05) is 23.3 Å². The number of nitrogens with one attached hydrogen (secondary N) is 1. The molecule has 1 unspecified atom stereocenters. The number of thiazole rings is 1. The van der Waals surface area contributed by atoms with Crippen LogP contribution in [0.15, 0.2) is 28.5 Å². The molecule has 4 rings (SSSR count). The molecule has 0 saturated carbocycles. The van der Waals surface area contributed by atoms with Crippen LogP contribution in [0, 0.1) is 0 Å². The number of piperidine rings is 1. The molecule has 1 fully saturated rings. The first-order chi connectivity index (χ1) is 16.2. The van der Waals surface area contributed by atoms with E-state index in [4.69, 9.17) is 4.74 Å². The Bertz CT molecular complexity index is 1310. The van der Waals surface area contributed by atoms with Gasteiger partial charge in [0.15, 0.2) is 11.4 Å². The number of nitrogens with zero attached hydrogens (tertiary/aromatic N) is 4. The van der Waals surface area contributed by atoms with Gasteiger partial charge >= 0.3 is 0 Å². The summed E-state index contributed by atoms with van der Waals surface area (Å²) < 4.78 is 6.31. The van der Waals surface area contributed by atoms with Crippen molar-refractivity contribution in [1.82, 2.24) is 14.4 Å². The van der Waals surface area contributed by atoms with E-state index in [0.29, 0.717) is 49.4 Å². The Hall–Kier alpha value is -3.60. The third kappa shape index (κ3) is 4.69. The van der Waals surface area contributed by atoms with Crippen molar-refractivity contribution >= 4 is 46.6 Å². The SMILES string of the molecule is CC(C)(C)c1csc(NC(=O)c2ccn3c(=O)c(C=O)c(N4CCCC(OC=O)C4)nc3c2)n1. The number of pyridine rings is 1. The highest BCUT2D eigenvalue weighted by molar-refractivity contribution is 7.14. The average Bonchev–Trinajstić information content (AvgIpc) is 3.28. The summed E-state index contributed by atoms with van der Waals surface area (Å²) in [5.41, 5.74) is 0.652. The zero-order chi connectivity index (χ0) is 24.5. The maximum Gasteiger partial charge on any atom is 0.293 e. The zero-order valence-electron chi connectivity index (χ0n) is 19.1. The molecule has 1 N–H and O–H groups in total. The topological polar surface area (TPSA) is 123 Å². The highest BCUT2D eigenvalue weighted by Gasteiger charge is 2.26. The third-order valence-electron chi connectivity index (χ3n) is 5.64. The van der Waals surface area contributed by atoms with Gasteiger partial charge < -0.3 is 9.64 Å². The minimum Gasteiger partial charge on any atom is -0.463 e. The lowest BCUT2D eigenvalue weighted by molar-refractivity contribution is -0.133. The molecule has 3 aromatic heterocycles. The maximum atomic E-state index is 13.0. The fourth-order valence-electron chi connectivity index (χ4n) is 3.79. The smallest absolute Gasteiger partial charge is 0.293 e. The van der Waals surface area contributed by atoms with Gasteiger partial charge in [-0.3, -0.25) is 28.9 Å². The monoisotopic (exact) mass is 483 g/mol. The van der Waals surface area contributed by atoms with Gasteiger partial charge in [0.2, 0.25) is 0 Å². The number of carbonyl (C=O) groups is 3. The summed E-state index contributed by atoms with van der Waals surface area (Å²) >= 11 is 1.34. The molecule has 3 aromatic rings. The molecule has 0 spiro atoms. The molecular formula is C23H25N5O5S. The second kappa shape index (κ2) is 9.34. The van der Waals surface area contributed by atoms with Crippen LogP contribution in [0.2, 0.25) is 0 Å². The first kappa shape index (κ1) is 23.6. The number of amides is 1. The van der Waals surface area contributed by atoms with Crippen LogP contribution in [0.5, 0.6) is 0 Å². The fourth-order valence-corrected chi connectivity index (χ4v) is 4.72. The van der Waals surface area contributed by atoms with Gasteiger partial charge in [0.05, 0.1) is 12.2 Å². The molecule has 0 bridgehead atoms. The first-order valence-electron chi connectivity index (χ1n) is 10.8. The number of hydrogen-bond acceptors (Lipinski definition) is 9. The Balaban J connectivity index is 1.67. The molecule has 1 amide bonds. The molecule has 1 saturated heterocycles. The summed E-state index contributed by atoms with van der Waals surface area (Å²) in [6.45, 7) is 7.41. The van der Waals surface area contributed by atoms with Gasteiger partial charge in [0.1, 0.15) is 23.1 Å². The predicted molar refractivity (Wildman–Crippen MR) is 128 cm³/mol. The number of hydrogen-bond donors (Lipinski definition) is 1. The van der Waals surface area contributed by atoms with Crippen molar-refractivity contribution < 1.29 is 19.1 Å². The lowest BCUT2D eigenvalue weighted by Crippen LogP contribution is -2.41. The van der Waals surface area contributed by atoms with E-state index in [2.05, 4.69) is 15.3 Å². The van der Waals surface area contributed by atoms with Crippen LogP contribution in [0.1, 0.15) is 60.0 Å². The third-order valence-corrected chi connectivity index (χ3v) is 6.40. The van der Waals surface area contributed by atoms with Gasteiger partial charge in [-0.2, -0.15) is 0 Å². The Morgan fingerprint density at radius 2 is 2.09 bits per heavy atom. The van der Waals surface area contributed by atoms with Crippen LogP contribution in [-0.4, -0.2) is 52.2 Å². The highest BCUT2D eigenvalue weighted by Crippen LogP contribution is 2.27. The van der Waals surface area contributed by atoms with Crippen molar-refractivity contribution in [3.63, 3.8) is 0 Å². The van der Waals surface area contributed by atoms with Gasteiger partial charge in [-0.15, -0.1) is 11.3 Å². The van der Waals surface area contributed by atoms with Gasteiger partial charge in [0, 0.05) is 29.1 Å². The van der Waals surface area contributed by atoms with Gasteiger partial charge in [-0.1, -0.05) is 20.8 Å². The minimum absolute atomic E-state index is 0.0843. The van der Waals surface area contributed by atoms with E-state index in [9.17, 15) is 19.2 Å². The second-order valence-corrected chi connectivity index (χ2v) is 9.96. The van der Waals surface area contributed by atoms with E-state index in [0.717, 1.165) is 5.69 Å². The number of rotatable bonds is 6. The van der Waals surface area contributed by atoms with E-state index >= 15 is 0 Å². The molecule has 0 radical (unpaired) electrons. The van der Waals surface area contributed by atoms with E-state index in [-0.39, 0.29) is 34.5 Å². The standard InChI is InChI=1S/C23H25N5O5S/c1-23(2,3)17-12-34-22(24-17)26-20(31)14-6-8-28-18(9-14)25-19(16(11-29)21(28)32)27-7-4-5-15(10-27)33-13-30/h6,8-9,11-13,15H,4-5,7,10H2,1-3H3,(H,24,26,31). The van der Waals surface area contributed by atoms with Gasteiger partial charge in [0.25, 0.3) is 17.9 Å². The number of aldehydes is 1. The van der Waals surface area contributed by atoms with Crippen LogP contribution in [-0.2, 0) is 14.9 Å². The highest BCUT2D eigenvalue weighted by atomic mass is 32.1. The summed E-state index contributed by atoms with van der Waals surface area (Å²) in [5, 5.41) is 5.17. The molecular weight excluding hydrogens is 458 g/mol. The average molecular weight is 484 g/mol. The van der Waals surface area contributed by atoms with E-state index in [1.807, 2.05) is 26.2 Å². The lowest BCUT2D eigenvalue weighted by Gasteiger charge is -2.32. The maximum absolute atomic E-state index is 13.0. The molecule has 1 atom stereocenters. The number of ether oxygens (including phenoxy) is 1. The largest absolute Gasteiger partial charge is 0.463 e. The van der Waals surface area contributed by atoms with Crippen LogP contribution in [0.4, 0.5) is 10.9 Å². The summed E-state index contributed by atoms with van der Waals surface area (Å²) in [6, 6.07) is 2.99. The van der Waals surface area contributed by atoms with Crippen molar-refractivity contribution in [3.05, 3.63) is 50.9 Å². The van der Waals surface area contributed by atoms with Crippen molar-refractivity contribution in [3.8, 4) is 0 Å². The summed E-state index contributed by atoms with van der Waals surface area (Å²) in [5.74, 6) is -0.170. The molecule has 1 aliphatic rings. The zero-order valence-corrected chi connectivity index (χ0v) is 19.9. The molecule has 34 heavy (non-hydrogen) atoms. The molecule has 0 aliphatic carbocycles. The normalized spacial score (nSPS) is 16.3. The quantitative estimate of drug-likeness (QED) is 0.531. The minimum atomic E-state index is -0.532. The lowest BCUT2D eigenvalue weighted by atomic mass is 9.93. The summed E-state index contributed by atoms with van der Waals surface area (Å²) in [6.07, 6.45) is 2.96. The fraction of sp³-hybridized carbons (Fsp3) is 0.391.